The molecule has 0 saturated heterocycles. The van der Waals surface area contributed by atoms with Crippen molar-refractivity contribution in [1.82, 2.24) is 0 Å². The molecule has 1 N–H and O–H groups in total. The Kier molecular flexibility index (Phi) is 4.82. The quantitative estimate of drug-likeness (QED) is 0.875. The van der Waals surface area contributed by atoms with E-state index in [0.717, 1.165) is 13.1 Å². The molecule has 4 heteroatoms. The van der Waals surface area contributed by atoms with E-state index in [9.17, 15) is 9.90 Å². The van der Waals surface area contributed by atoms with Crippen LogP contribution in [0.25, 0.3) is 0 Å². The van der Waals surface area contributed by atoms with Crippen LogP contribution in [0.2, 0.25) is 5.02 Å². The predicted octanol–water partition coefficient (Wildman–Crippen LogP) is 3.52. The summed E-state index contributed by atoms with van der Waals surface area (Å²) in [4.78, 5) is 13.3. The van der Waals surface area contributed by atoms with Crippen molar-refractivity contribution in [3.8, 4) is 0 Å². The van der Waals surface area contributed by atoms with E-state index in [1.54, 1.807) is 18.2 Å². The smallest absolute Gasteiger partial charge is 0.339 e. The number of carboxylic acid groups (broad SMARTS) is 1. The van der Waals surface area contributed by atoms with Gasteiger partial charge in [-0.15, -0.1) is 0 Å². The molecule has 0 radical (unpaired) electrons. The molecule has 0 spiro atoms. The second-order valence-corrected chi connectivity index (χ2v) is 4.78. The molecule has 0 aliphatic rings. The third-order valence-corrected chi connectivity index (χ3v) is 2.83. The molecule has 0 fully saturated rings. The molecule has 0 amide bonds. The van der Waals surface area contributed by atoms with Crippen molar-refractivity contribution in [2.24, 2.45) is 5.92 Å². The van der Waals surface area contributed by atoms with Gasteiger partial charge in [-0.05, 0) is 25.0 Å². The molecule has 0 aromatic heterocycles. The Bertz CT molecular complexity index is 404. The zero-order valence-corrected chi connectivity index (χ0v) is 11.2. The standard InChI is InChI=1S/C13H18ClNO2/c1-4-15(8-9(2)3)11-7-5-6-10(14)12(11)13(16)17/h5-7,9H,4,8H2,1-3H3,(H,16,17). The van der Waals surface area contributed by atoms with Gasteiger partial charge in [-0.2, -0.15) is 0 Å². The van der Waals surface area contributed by atoms with Crippen LogP contribution < -0.4 is 4.90 Å². The van der Waals surface area contributed by atoms with Crippen LogP contribution in [-0.2, 0) is 0 Å². The average Bonchev–Trinajstić information content (AvgIpc) is 2.24. The molecule has 0 saturated carbocycles. The van der Waals surface area contributed by atoms with Crippen molar-refractivity contribution in [3.05, 3.63) is 28.8 Å². The number of nitrogens with zero attached hydrogens (tertiary/aromatic N) is 1. The molecule has 17 heavy (non-hydrogen) atoms. The maximum atomic E-state index is 11.2. The highest BCUT2D eigenvalue weighted by Crippen LogP contribution is 2.28. The molecule has 1 aromatic rings. The van der Waals surface area contributed by atoms with Crippen molar-refractivity contribution in [2.75, 3.05) is 18.0 Å². The van der Waals surface area contributed by atoms with E-state index >= 15 is 0 Å². The second-order valence-electron chi connectivity index (χ2n) is 4.37. The maximum absolute atomic E-state index is 11.2. The van der Waals surface area contributed by atoms with Gasteiger partial charge in [-0.3, -0.25) is 0 Å². The number of carbonyl (C=O) groups is 1. The maximum Gasteiger partial charge on any atom is 0.339 e. The molecule has 1 rings (SSSR count). The summed E-state index contributed by atoms with van der Waals surface area (Å²) in [5.41, 5.74) is 0.887. The van der Waals surface area contributed by atoms with Crippen LogP contribution in [0, 0.1) is 5.92 Å². The third-order valence-electron chi connectivity index (χ3n) is 2.51. The van der Waals surface area contributed by atoms with Gasteiger partial charge >= 0.3 is 5.97 Å². The molecular weight excluding hydrogens is 238 g/mol. The fourth-order valence-electron chi connectivity index (χ4n) is 1.83. The monoisotopic (exact) mass is 255 g/mol. The highest BCUT2D eigenvalue weighted by Gasteiger charge is 2.18. The molecule has 3 nitrogen and oxygen atoms in total. The normalized spacial score (nSPS) is 10.6. The Hall–Kier alpha value is -1.22. The largest absolute Gasteiger partial charge is 0.478 e. The van der Waals surface area contributed by atoms with Gasteiger partial charge in [0.15, 0.2) is 0 Å². The van der Waals surface area contributed by atoms with Crippen molar-refractivity contribution in [1.29, 1.82) is 0 Å². The summed E-state index contributed by atoms with van der Waals surface area (Å²) in [6.45, 7) is 7.80. The first-order valence-corrected chi connectivity index (χ1v) is 6.11. The topological polar surface area (TPSA) is 40.5 Å². The fourth-order valence-corrected chi connectivity index (χ4v) is 2.08. The molecule has 0 bridgehead atoms. The minimum Gasteiger partial charge on any atom is -0.478 e. The summed E-state index contributed by atoms with van der Waals surface area (Å²) in [5, 5.41) is 9.50. The van der Waals surface area contributed by atoms with Gasteiger partial charge in [0.1, 0.15) is 5.56 Å². The predicted molar refractivity (Wildman–Crippen MR) is 71.1 cm³/mol. The number of hydrogen-bond donors (Lipinski definition) is 1. The Morgan fingerprint density at radius 1 is 1.47 bits per heavy atom. The SMILES string of the molecule is CCN(CC(C)C)c1cccc(Cl)c1C(=O)O. The van der Waals surface area contributed by atoms with E-state index in [1.165, 1.54) is 0 Å². The van der Waals surface area contributed by atoms with Gasteiger partial charge in [-0.25, -0.2) is 4.79 Å². The average molecular weight is 256 g/mol. The van der Waals surface area contributed by atoms with Gasteiger partial charge in [0.25, 0.3) is 0 Å². The van der Waals surface area contributed by atoms with Crippen LogP contribution in [0.4, 0.5) is 5.69 Å². The van der Waals surface area contributed by atoms with E-state index in [0.29, 0.717) is 11.6 Å². The van der Waals surface area contributed by atoms with Gasteiger partial charge in [0.2, 0.25) is 0 Å². The molecule has 0 atom stereocenters. The lowest BCUT2D eigenvalue weighted by Crippen LogP contribution is -2.28. The lowest BCUT2D eigenvalue weighted by molar-refractivity contribution is 0.0697. The molecule has 94 valence electrons. The third kappa shape index (κ3) is 3.37. The minimum atomic E-state index is -0.979. The van der Waals surface area contributed by atoms with E-state index in [2.05, 4.69) is 13.8 Å². The number of anilines is 1. The van der Waals surface area contributed by atoms with Crippen molar-refractivity contribution >= 4 is 23.3 Å². The van der Waals surface area contributed by atoms with Crippen molar-refractivity contribution in [2.45, 2.75) is 20.8 Å². The number of benzene rings is 1. The summed E-state index contributed by atoms with van der Waals surface area (Å²) in [6, 6.07) is 5.20. The Labute approximate surface area is 107 Å². The Morgan fingerprint density at radius 2 is 2.12 bits per heavy atom. The van der Waals surface area contributed by atoms with Crippen LogP contribution >= 0.6 is 11.6 Å². The molecule has 0 heterocycles. The summed E-state index contributed by atoms with van der Waals surface area (Å²) in [6.07, 6.45) is 0. The zero-order chi connectivity index (χ0) is 13.0. The van der Waals surface area contributed by atoms with E-state index in [4.69, 9.17) is 11.6 Å². The van der Waals surface area contributed by atoms with E-state index in [1.807, 2.05) is 11.8 Å². The van der Waals surface area contributed by atoms with Gasteiger partial charge in [0, 0.05) is 13.1 Å². The first-order valence-electron chi connectivity index (χ1n) is 5.74. The van der Waals surface area contributed by atoms with Gasteiger partial charge in [0.05, 0.1) is 10.7 Å². The van der Waals surface area contributed by atoms with Crippen LogP contribution in [-0.4, -0.2) is 24.2 Å². The number of carboxylic acids is 1. The van der Waals surface area contributed by atoms with Gasteiger partial charge in [-0.1, -0.05) is 31.5 Å². The minimum absolute atomic E-state index is 0.191. The van der Waals surface area contributed by atoms with Crippen LogP contribution in [0.1, 0.15) is 31.1 Å². The van der Waals surface area contributed by atoms with E-state index in [-0.39, 0.29) is 10.6 Å². The fraction of sp³-hybridized carbons (Fsp3) is 0.462. The highest BCUT2D eigenvalue weighted by atomic mass is 35.5. The van der Waals surface area contributed by atoms with Crippen LogP contribution in [0.3, 0.4) is 0 Å². The first-order chi connectivity index (χ1) is 7.97. The lowest BCUT2D eigenvalue weighted by atomic mass is 10.1. The second kappa shape index (κ2) is 5.92. The van der Waals surface area contributed by atoms with Crippen molar-refractivity contribution < 1.29 is 9.90 Å². The van der Waals surface area contributed by atoms with Crippen LogP contribution in [0.15, 0.2) is 18.2 Å². The molecule has 0 aliphatic carbocycles. The van der Waals surface area contributed by atoms with Crippen LogP contribution in [0.5, 0.6) is 0 Å². The molecule has 0 aliphatic heterocycles. The number of halogens is 1. The molecular formula is C13H18ClNO2. The van der Waals surface area contributed by atoms with Crippen molar-refractivity contribution in [3.63, 3.8) is 0 Å². The summed E-state index contributed by atoms with van der Waals surface area (Å²) in [7, 11) is 0. The Balaban J connectivity index is 3.18. The molecule has 0 unspecified atom stereocenters. The number of rotatable bonds is 5. The number of hydrogen-bond acceptors (Lipinski definition) is 2. The lowest BCUT2D eigenvalue weighted by Gasteiger charge is -2.26. The summed E-state index contributed by atoms with van der Waals surface area (Å²) < 4.78 is 0. The number of aromatic carboxylic acids is 1. The highest BCUT2D eigenvalue weighted by molar-refractivity contribution is 6.34. The zero-order valence-electron chi connectivity index (χ0n) is 10.4. The molecule has 1 aromatic carbocycles. The van der Waals surface area contributed by atoms with Gasteiger partial charge < -0.3 is 10.0 Å². The van der Waals surface area contributed by atoms with E-state index < -0.39 is 5.97 Å². The first kappa shape index (κ1) is 13.8. The summed E-state index contributed by atoms with van der Waals surface area (Å²) in [5.74, 6) is -0.511. The Morgan fingerprint density at radius 3 is 2.59 bits per heavy atom. The summed E-state index contributed by atoms with van der Waals surface area (Å²) >= 11 is 5.95.